The molecule has 1 aliphatic rings. The predicted octanol–water partition coefficient (Wildman–Crippen LogP) is 1.31. The molecule has 2 amide bonds. The van der Waals surface area contributed by atoms with Crippen molar-refractivity contribution >= 4 is 11.8 Å². The Morgan fingerprint density at radius 1 is 1.39 bits per heavy atom. The lowest BCUT2D eigenvalue weighted by Gasteiger charge is -2.27. The molecule has 2 aromatic heterocycles. The summed E-state index contributed by atoms with van der Waals surface area (Å²) in [5.41, 5.74) is 0.432. The molecule has 0 N–H and O–H groups in total. The van der Waals surface area contributed by atoms with E-state index in [1.807, 2.05) is 11.9 Å². The van der Waals surface area contributed by atoms with Gasteiger partial charge in [0.1, 0.15) is 5.69 Å². The lowest BCUT2D eigenvalue weighted by Crippen LogP contribution is -2.42. The molecule has 3 heterocycles. The molecule has 1 atom stereocenters. The fraction of sp³-hybridized carbons (Fsp3) is 0.632. The number of rotatable bonds is 7. The lowest BCUT2D eigenvalue weighted by molar-refractivity contribution is -0.130. The number of carbonyl (C=O) groups excluding carboxylic acids is 2. The Labute approximate surface area is 164 Å². The summed E-state index contributed by atoms with van der Waals surface area (Å²) in [5, 5.41) is 4.01. The summed E-state index contributed by atoms with van der Waals surface area (Å²) in [7, 11) is 1.83. The third-order valence-corrected chi connectivity index (χ3v) is 4.89. The Hall–Kier alpha value is -2.71. The van der Waals surface area contributed by atoms with Gasteiger partial charge in [-0.25, -0.2) is 4.98 Å². The second-order valence-electron chi connectivity index (χ2n) is 7.78. The van der Waals surface area contributed by atoms with E-state index in [9.17, 15) is 9.59 Å². The summed E-state index contributed by atoms with van der Waals surface area (Å²) in [5.74, 6) is 1.59. The van der Waals surface area contributed by atoms with Crippen LogP contribution in [0.1, 0.15) is 49.4 Å². The van der Waals surface area contributed by atoms with E-state index in [0.717, 1.165) is 12.8 Å². The van der Waals surface area contributed by atoms with E-state index in [1.54, 1.807) is 28.9 Å². The number of nitrogens with zero attached hydrogens (tertiary/aromatic N) is 6. The van der Waals surface area contributed by atoms with Crippen molar-refractivity contribution in [2.24, 2.45) is 13.0 Å². The Bertz CT molecular complexity index is 827. The molecule has 0 radical (unpaired) electrons. The van der Waals surface area contributed by atoms with Gasteiger partial charge in [0.25, 0.3) is 5.91 Å². The number of hydrogen-bond acceptors (Lipinski definition) is 6. The van der Waals surface area contributed by atoms with Gasteiger partial charge in [-0.2, -0.15) is 4.98 Å². The van der Waals surface area contributed by atoms with E-state index in [0.29, 0.717) is 49.4 Å². The maximum absolute atomic E-state index is 12.6. The number of aromatic nitrogens is 4. The first-order valence-corrected chi connectivity index (χ1v) is 9.69. The van der Waals surface area contributed by atoms with E-state index in [4.69, 9.17) is 4.52 Å². The largest absolute Gasteiger partial charge is 0.340 e. The van der Waals surface area contributed by atoms with Gasteiger partial charge < -0.3 is 18.9 Å². The van der Waals surface area contributed by atoms with E-state index < -0.39 is 0 Å². The number of aryl methyl sites for hydroxylation is 1. The molecular weight excluding hydrogens is 360 g/mol. The molecule has 0 bridgehead atoms. The molecule has 0 aromatic carbocycles. The standard InChI is InChI=1S/C19H28N6O3/c1-13(2)9-18-21-17(22-28-18)6-8-25(14(3)26)15-5-7-24(10-15)19(27)16-11-23(4)12-20-16/h11-13,15H,5-10H2,1-4H3. The first-order chi connectivity index (χ1) is 13.3. The minimum absolute atomic E-state index is 0.00722. The van der Waals surface area contributed by atoms with Crippen molar-refractivity contribution in [1.82, 2.24) is 29.5 Å². The highest BCUT2D eigenvalue weighted by atomic mass is 16.5. The first-order valence-electron chi connectivity index (χ1n) is 9.69. The zero-order valence-corrected chi connectivity index (χ0v) is 17.0. The predicted molar refractivity (Wildman–Crippen MR) is 101 cm³/mol. The number of hydrogen-bond donors (Lipinski definition) is 0. The summed E-state index contributed by atoms with van der Waals surface area (Å²) >= 11 is 0. The van der Waals surface area contributed by atoms with Crippen molar-refractivity contribution in [2.75, 3.05) is 19.6 Å². The van der Waals surface area contributed by atoms with Gasteiger partial charge in [0.2, 0.25) is 11.8 Å². The second-order valence-corrected chi connectivity index (χ2v) is 7.78. The van der Waals surface area contributed by atoms with Crippen LogP contribution in [0.25, 0.3) is 0 Å². The molecule has 1 fully saturated rings. The Morgan fingerprint density at radius 3 is 2.82 bits per heavy atom. The van der Waals surface area contributed by atoms with Crippen LogP contribution in [-0.4, -0.2) is 67.0 Å². The molecule has 3 rings (SSSR count). The highest BCUT2D eigenvalue weighted by Gasteiger charge is 2.32. The van der Waals surface area contributed by atoms with Crippen LogP contribution in [-0.2, 0) is 24.7 Å². The topological polar surface area (TPSA) is 97.4 Å². The van der Waals surface area contributed by atoms with Gasteiger partial charge in [-0.1, -0.05) is 19.0 Å². The van der Waals surface area contributed by atoms with Gasteiger partial charge in [-0.3, -0.25) is 9.59 Å². The third-order valence-electron chi connectivity index (χ3n) is 4.89. The number of amides is 2. The van der Waals surface area contributed by atoms with Crippen molar-refractivity contribution < 1.29 is 14.1 Å². The maximum Gasteiger partial charge on any atom is 0.274 e. The molecule has 2 aromatic rings. The quantitative estimate of drug-likeness (QED) is 0.709. The van der Waals surface area contributed by atoms with E-state index in [1.165, 1.54) is 0 Å². The maximum atomic E-state index is 12.6. The van der Waals surface area contributed by atoms with Gasteiger partial charge >= 0.3 is 0 Å². The number of likely N-dealkylation sites (tertiary alicyclic amines) is 1. The first kappa shape index (κ1) is 20.0. The zero-order valence-electron chi connectivity index (χ0n) is 17.0. The van der Waals surface area contributed by atoms with Crippen molar-refractivity contribution in [3.05, 3.63) is 29.9 Å². The number of imidazole rings is 1. The van der Waals surface area contributed by atoms with Crippen LogP contribution in [0.2, 0.25) is 0 Å². The molecule has 9 heteroatoms. The monoisotopic (exact) mass is 388 g/mol. The molecule has 0 saturated carbocycles. The molecule has 1 saturated heterocycles. The van der Waals surface area contributed by atoms with Crippen molar-refractivity contribution in [1.29, 1.82) is 0 Å². The third kappa shape index (κ3) is 4.76. The summed E-state index contributed by atoms with van der Waals surface area (Å²) in [6.45, 7) is 7.39. The minimum Gasteiger partial charge on any atom is -0.340 e. The molecular formula is C19H28N6O3. The van der Waals surface area contributed by atoms with E-state index >= 15 is 0 Å². The van der Waals surface area contributed by atoms with Crippen LogP contribution in [0.5, 0.6) is 0 Å². The van der Waals surface area contributed by atoms with Crippen molar-refractivity contribution in [3.63, 3.8) is 0 Å². The molecule has 1 aliphatic heterocycles. The van der Waals surface area contributed by atoms with E-state index in [-0.39, 0.29) is 17.9 Å². The molecule has 0 spiro atoms. The molecule has 0 aliphatic carbocycles. The van der Waals surface area contributed by atoms with Gasteiger partial charge in [-0.15, -0.1) is 0 Å². The average molecular weight is 388 g/mol. The smallest absolute Gasteiger partial charge is 0.274 e. The van der Waals surface area contributed by atoms with Crippen LogP contribution in [0.4, 0.5) is 0 Å². The van der Waals surface area contributed by atoms with Crippen LogP contribution < -0.4 is 0 Å². The SMILES string of the molecule is CC(=O)N(CCc1noc(CC(C)C)n1)C1CCN(C(=O)c2cn(C)cn2)C1. The van der Waals surface area contributed by atoms with Crippen LogP contribution >= 0.6 is 0 Å². The Kier molecular flexibility index (Phi) is 6.11. The highest BCUT2D eigenvalue weighted by molar-refractivity contribution is 5.92. The van der Waals surface area contributed by atoms with Gasteiger partial charge in [0.15, 0.2) is 5.82 Å². The molecule has 28 heavy (non-hydrogen) atoms. The van der Waals surface area contributed by atoms with Crippen molar-refractivity contribution in [2.45, 2.75) is 46.1 Å². The van der Waals surface area contributed by atoms with Crippen LogP contribution in [0.15, 0.2) is 17.0 Å². The van der Waals surface area contributed by atoms with E-state index in [2.05, 4.69) is 29.0 Å². The van der Waals surface area contributed by atoms with Gasteiger partial charge in [0, 0.05) is 52.6 Å². The van der Waals surface area contributed by atoms with Crippen molar-refractivity contribution in [3.8, 4) is 0 Å². The second kappa shape index (κ2) is 8.53. The van der Waals surface area contributed by atoms with Crippen LogP contribution in [0.3, 0.4) is 0 Å². The summed E-state index contributed by atoms with van der Waals surface area (Å²) < 4.78 is 7.02. The zero-order chi connectivity index (χ0) is 20.3. The molecule has 1 unspecified atom stereocenters. The normalized spacial score (nSPS) is 16.8. The Balaban J connectivity index is 1.58. The highest BCUT2D eigenvalue weighted by Crippen LogP contribution is 2.18. The summed E-state index contributed by atoms with van der Waals surface area (Å²) in [6.07, 6.45) is 5.36. The van der Waals surface area contributed by atoms with Crippen LogP contribution in [0, 0.1) is 5.92 Å². The average Bonchev–Trinajstić information content (AvgIpc) is 3.35. The summed E-state index contributed by atoms with van der Waals surface area (Å²) in [6, 6.07) is -0.00722. The lowest BCUT2D eigenvalue weighted by atomic mass is 10.1. The molecule has 9 nitrogen and oxygen atoms in total. The van der Waals surface area contributed by atoms with Gasteiger partial charge in [0.05, 0.1) is 12.4 Å². The van der Waals surface area contributed by atoms with Gasteiger partial charge in [-0.05, 0) is 12.3 Å². The fourth-order valence-electron chi connectivity index (χ4n) is 3.51. The molecule has 152 valence electrons. The Morgan fingerprint density at radius 2 is 2.18 bits per heavy atom. The minimum atomic E-state index is -0.0944. The fourth-order valence-corrected chi connectivity index (χ4v) is 3.51. The number of carbonyl (C=O) groups is 2. The summed E-state index contributed by atoms with van der Waals surface area (Å²) in [4.78, 5) is 36.9.